The van der Waals surface area contributed by atoms with Gasteiger partial charge in [-0.15, -0.1) is 0 Å². The summed E-state index contributed by atoms with van der Waals surface area (Å²) in [6, 6.07) is 16.6. The van der Waals surface area contributed by atoms with E-state index in [9.17, 15) is 9.59 Å². The first kappa shape index (κ1) is 26.0. The quantitative estimate of drug-likeness (QED) is 0.288. The number of rotatable bonds is 6. The Kier molecular flexibility index (Phi) is 7.63. The lowest BCUT2D eigenvalue weighted by Crippen LogP contribution is -2.42. The number of carbonyl (C=O) groups is 2. The van der Waals surface area contributed by atoms with Crippen molar-refractivity contribution in [3.8, 4) is 22.8 Å². The lowest BCUT2D eigenvalue weighted by Gasteiger charge is -2.31. The van der Waals surface area contributed by atoms with E-state index in [2.05, 4.69) is 10.2 Å². The Morgan fingerprint density at radius 2 is 1.73 bits per heavy atom. The summed E-state index contributed by atoms with van der Waals surface area (Å²) in [5.41, 5.74) is 1.16. The highest BCUT2D eigenvalue weighted by atomic mass is 16.6. The van der Waals surface area contributed by atoms with Crippen LogP contribution in [0.3, 0.4) is 0 Å². The van der Waals surface area contributed by atoms with E-state index in [0.29, 0.717) is 23.6 Å². The first-order chi connectivity index (χ1) is 17.6. The van der Waals surface area contributed by atoms with Gasteiger partial charge in [0.15, 0.2) is 5.78 Å². The third kappa shape index (κ3) is 6.36. The zero-order chi connectivity index (χ0) is 26.6. The minimum absolute atomic E-state index is 0.105. The smallest absolute Gasteiger partial charge is 0.407 e. The number of para-hydroxylation sites is 1. The van der Waals surface area contributed by atoms with Gasteiger partial charge in [0.2, 0.25) is 5.69 Å². The first-order valence-corrected chi connectivity index (χ1v) is 12.5. The lowest BCUT2D eigenvalue weighted by molar-refractivity contribution is 0.0483. The van der Waals surface area contributed by atoms with Crippen molar-refractivity contribution in [2.24, 2.45) is 0 Å². The van der Waals surface area contributed by atoms with Crippen molar-refractivity contribution in [3.63, 3.8) is 0 Å². The Bertz CT molecular complexity index is 1300. The standard InChI is InChI=1S/C29H32N4O4/c1-19(34)27-26(30-5)25(20-14-16-24(17-15-20)36-23-12-7-6-8-13-23)32-33(27)22-11-9-10-21(18-22)31-28(35)37-29(2,3)4/h6-8,12-17,21-22H,9-11,18H2,1-4H3,(H,31,35). The van der Waals surface area contributed by atoms with E-state index in [4.69, 9.17) is 21.1 Å². The number of benzene rings is 2. The van der Waals surface area contributed by atoms with E-state index in [-0.39, 0.29) is 23.6 Å². The van der Waals surface area contributed by atoms with Crippen LogP contribution in [0.5, 0.6) is 11.5 Å². The van der Waals surface area contributed by atoms with Gasteiger partial charge < -0.3 is 14.8 Å². The Morgan fingerprint density at radius 1 is 1.05 bits per heavy atom. The molecule has 0 aliphatic heterocycles. The Labute approximate surface area is 217 Å². The monoisotopic (exact) mass is 500 g/mol. The van der Waals surface area contributed by atoms with Gasteiger partial charge >= 0.3 is 6.09 Å². The molecule has 0 saturated heterocycles. The van der Waals surface area contributed by atoms with E-state index < -0.39 is 11.7 Å². The highest BCUT2D eigenvalue weighted by Gasteiger charge is 2.31. The minimum atomic E-state index is -0.580. The molecule has 3 aromatic rings. The van der Waals surface area contributed by atoms with Crippen LogP contribution in [-0.4, -0.2) is 33.3 Å². The maximum Gasteiger partial charge on any atom is 0.407 e. The van der Waals surface area contributed by atoms with Crippen LogP contribution < -0.4 is 10.1 Å². The fourth-order valence-corrected chi connectivity index (χ4v) is 4.62. The fraction of sp³-hybridized carbons (Fsp3) is 0.379. The number of nitrogens with one attached hydrogen (secondary N) is 1. The summed E-state index contributed by atoms with van der Waals surface area (Å²) in [7, 11) is 0. The van der Waals surface area contributed by atoms with Crippen molar-refractivity contribution in [1.82, 2.24) is 15.1 Å². The van der Waals surface area contributed by atoms with Gasteiger partial charge in [0, 0.05) is 6.04 Å². The van der Waals surface area contributed by atoms with Crippen molar-refractivity contribution in [1.29, 1.82) is 0 Å². The molecule has 0 spiro atoms. The summed E-state index contributed by atoms with van der Waals surface area (Å²) < 4.78 is 13.0. The van der Waals surface area contributed by atoms with Crippen molar-refractivity contribution in [2.75, 3.05) is 0 Å². The summed E-state index contributed by atoms with van der Waals surface area (Å²) in [4.78, 5) is 28.7. The number of hydrogen-bond donors (Lipinski definition) is 1. The van der Waals surface area contributed by atoms with Gasteiger partial charge in [0.05, 0.1) is 18.3 Å². The van der Waals surface area contributed by atoms with E-state index in [1.54, 1.807) is 4.68 Å². The molecular weight excluding hydrogens is 468 g/mol. The zero-order valence-electron chi connectivity index (χ0n) is 21.7. The number of alkyl carbamates (subject to hydrolysis) is 1. The molecular formula is C29H32N4O4. The molecule has 1 aromatic heterocycles. The van der Waals surface area contributed by atoms with Crippen LogP contribution in [0, 0.1) is 6.57 Å². The second-order valence-corrected chi connectivity index (χ2v) is 10.3. The van der Waals surface area contributed by atoms with Crippen LogP contribution in [0.25, 0.3) is 16.1 Å². The number of carbonyl (C=O) groups excluding carboxylic acids is 2. The number of nitrogens with zero attached hydrogens (tertiary/aromatic N) is 3. The summed E-state index contributed by atoms with van der Waals surface area (Å²) in [5.74, 6) is 1.18. The molecule has 1 amide bonds. The average Bonchev–Trinajstić information content (AvgIpc) is 3.24. The van der Waals surface area contributed by atoms with Crippen molar-refractivity contribution >= 4 is 17.6 Å². The first-order valence-electron chi connectivity index (χ1n) is 12.5. The number of aromatic nitrogens is 2. The summed E-state index contributed by atoms with van der Waals surface area (Å²) >= 11 is 0. The largest absolute Gasteiger partial charge is 0.457 e. The molecule has 2 atom stereocenters. The molecule has 1 fully saturated rings. The van der Waals surface area contributed by atoms with Crippen molar-refractivity contribution < 1.29 is 19.1 Å². The van der Waals surface area contributed by atoms with Crippen molar-refractivity contribution in [2.45, 2.75) is 71.1 Å². The average molecular weight is 501 g/mol. The summed E-state index contributed by atoms with van der Waals surface area (Å²) in [5, 5.41) is 7.74. The number of hydrogen-bond acceptors (Lipinski definition) is 5. The summed E-state index contributed by atoms with van der Waals surface area (Å²) in [6.07, 6.45) is 2.62. The number of Topliss-reactive ketones (excluding diaryl/α,β-unsaturated/α-hetero) is 1. The molecule has 1 aliphatic carbocycles. The summed E-state index contributed by atoms with van der Waals surface area (Å²) in [6.45, 7) is 14.8. The zero-order valence-corrected chi connectivity index (χ0v) is 21.7. The van der Waals surface area contributed by atoms with Gasteiger partial charge in [0.25, 0.3) is 0 Å². The molecule has 8 heteroatoms. The molecule has 1 N–H and O–H groups in total. The van der Waals surface area contributed by atoms with Gasteiger partial charge in [-0.05, 0) is 83.2 Å². The molecule has 8 nitrogen and oxygen atoms in total. The molecule has 1 saturated carbocycles. The molecule has 1 heterocycles. The molecule has 192 valence electrons. The normalized spacial score (nSPS) is 17.5. The van der Waals surface area contributed by atoms with Crippen LogP contribution in [0.4, 0.5) is 10.5 Å². The number of amides is 1. The van der Waals surface area contributed by atoms with Crippen molar-refractivity contribution in [3.05, 3.63) is 71.7 Å². The van der Waals surface area contributed by atoms with Gasteiger partial charge in [0.1, 0.15) is 22.8 Å². The second kappa shape index (κ2) is 10.9. The van der Waals surface area contributed by atoms with Crippen LogP contribution in [0.1, 0.15) is 69.9 Å². The van der Waals surface area contributed by atoms with Gasteiger partial charge in [-0.1, -0.05) is 30.3 Å². The minimum Gasteiger partial charge on any atom is -0.457 e. The third-order valence-electron chi connectivity index (χ3n) is 6.15. The Hall–Kier alpha value is -4.12. The molecule has 0 radical (unpaired) electrons. The predicted molar refractivity (Wildman–Crippen MR) is 141 cm³/mol. The maximum atomic E-state index is 12.7. The number of ketones is 1. The topological polar surface area (TPSA) is 86.8 Å². The van der Waals surface area contributed by atoms with E-state index in [1.807, 2.05) is 75.4 Å². The second-order valence-electron chi connectivity index (χ2n) is 10.3. The van der Waals surface area contributed by atoms with Gasteiger partial charge in [-0.3, -0.25) is 9.48 Å². The molecule has 2 aromatic carbocycles. The van der Waals surface area contributed by atoms with E-state index in [1.165, 1.54) is 6.92 Å². The Balaban J connectivity index is 1.59. The maximum absolute atomic E-state index is 12.7. The fourth-order valence-electron chi connectivity index (χ4n) is 4.62. The molecule has 1 aliphatic rings. The predicted octanol–water partition coefficient (Wildman–Crippen LogP) is 7.10. The highest BCUT2D eigenvalue weighted by molar-refractivity contribution is 6.01. The van der Waals surface area contributed by atoms with E-state index in [0.717, 1.165) is 30.6 Å². The van der Waals surface area contributed by atoms with Crippen LogP contribution in [-0.2, 0) is 4.74 Å². The van der Waals surface area contributed by atoms with Crippen LogP contribution in [0.2, 0.25) is 0 Å². The van der Waals surface area contributed by atoms with Gasteiger partial charge in [-0.25, -0.2) is 9.64 Å². The lowest BCUT2D eigenvalue weighted by atomic mass is 9.91. The number of ether oxygens (including phenoxy) is 2. The van der Waals surface area contributed by atoms with E-state index >= 15 is 0 Å². The molecule has 4 rings (SSSR count). The van der Waals surface area contributed by atoms with Crippen LogP contribution in [0.15, 0.2) is 54.6 Å². The molecule has 0 bridgehead atoms. The third-order valence-corrected chi connectivity index (χ3v) is 6.15. The molecule has 2 unspecified atom stereocenters. The van der Waals surface area contributed by atoms with Crippen LogP contribution >= 0.6 is 0 Å². The van der Waals surface area contributed by atoms with Gasteiger partial charge in [-0.2, -0.15) is 5.10 Å². The SMILES string of the molecule is [C-]#[N+]c1c(-c2ccc(Oc3ccccc3)cc2)nn(C2CCCC(NC(=O)OC(C)(C)C)C2)c1C(C)=O. The molecule has 37 heavy (non-hydrogen) atoms. The highest BCUT2D eigenvalue weighted by Crippen LogP contribution is 2.39. The Morgan fingerprint density at radius 3 is 2.35 bits per heavy atom.